The number of halogens is 2. The van der Waals surface area contributed by atoms with Crippen molar-refractivity contribution in [3.8, 4) is 0 Å². The van der Waals surface area contributed by atoms with Crippen molar-refractivity contribution in [3.05, 3.63) is 75.3 Å². The molecule has 1 aromatic heterocycles. The van der Waals surface area contributed by atoms with E-state index in [0.717, 1.165) is 9.37 Å². The SMILES string of the molecule is C=CC1=C(C(=O)O)N2C(=O)[C@@H](NC(=O)c3ccc(C(=O)Nc4ccc(Br)cc4Cl)o3)[C@H]2SC1. The lowest BCUT2D eigenvalue weighted by atomic mass is 10.0. The molecule has 33 heavy (non-hydrogen) atoms. The van der Waals surface area contributed by atoms with E-state index in [2.05, 4.69) is 33.1 Å². The summed E-state index contributed by atoms with van der Waals surface area (Å²) in [6, 6.07) is 6.63. The molecule has 4 rings (SSSR count). The van der Waals surface area contributed by atoms with Crippen LogP contribution in [-0.2, 0) is 9.59 Å². The van der Waals surface area contributed by atoms with Crippen molar-refractivity contribution in [2.45, 2.75) is 11.4 Å². The largest absolute Gasteiger partial charge is 0.477 e. The van der Waals surface area contributed by atoms with Gasteiger partial charge in [-0.15, -0.1) is 11.8 Å². The standard InChI is InChI=1S/C21H15BrClN3O6S/c1-2-9-8-33-20-15(19(29)26(20)16(9)21(30)31)25-18(28)14-6-5-13(32-14)17(27)24-12-4-3-10(22)7-11(12)23/h2-7,15,20H,1,8H2,(H,24,27)(H,25,28)(H,30,31)/t15-,20-/m1/s1. The van der Waals surface area contributed by atoms with Gasteiger partial charge in [0.2, 0.25) is 0 Å². The van der Waals surface area contributed by atoms with Gasteiger partial charge < -0.3 is 20.2 Å². The van der Waals surface area contributed by atoms with Crippen LogP contribution in [0.1, 0.15) is 21.1 Å². The van der Waals surface area contributed by atoms with Crippen LogP contribution in [0.5, 0.6) is 0 Å². The van der Waals surface area contributed by atoms with Gasteiger partial charge in [0.25, 0.3) is 17.7 Å². The first-order chi connectivity index (χ1) is 15.7. The van der Waals surface area contributed by atoms with Crippen LogP contribution in [-0.4, -0.2) is 50.9 Å². The first-order valence-corrected chi connectivity index (χ1v) is 11.6. The van der Waals surface area contributed by atoms with Crippen LogP contribution in [0.4, 0.5) is 5.69 Å². The molecule has 0 unspecified atom stereocenters. The molecule has 2 aromatic rings. The molecule has 1 fully saturated rings. The second-order valence-corrected chi connectivity index (χ2v) is 9.41. The topological polar surface area (TPSA) is 129 Å². The molecule has 0 saturated carbocycles. The third kappa shape index (κ3) is 4.31. The van der Waals surface area contributed by atoms with Crippen LogP contribution < -0.4 is 10.6 Å². The van der Waals surface area contributed by atoms with E-state index in [0.29, 0.717) is 22.0 Å². The van der Waals surface area contributed by atoms with Gasteiger partial charge in [0.1, 0.15) is 17.1 Å². The molecule has 9 nitrogen and oxygen atoms in total. The first kappa shape index (κ1) is 23.1. The van der Waals surface area contributed by atoms with Gasteiger partial charge in [0, 0.05) is 10.2 Å². The molecule has 2 aliphatic rings. The number of hydrogen-bond donors (Lipinski definition) is 3. The Morgan fingerprint density at radius 3 is 2.58 bits per heavy atom. The molecule has 1 saturated heterocycles. The molecule has 3 heterocycles. The molecule has 0 bridgehead atoms. The molecule has 1 aromatic carbocycles. The zero-order valence-electron chi connectivity index (χ0n) is 16.6. The van der Waals surface area contributed by atoms with Crippen LogP contribution in [0.3, 0.4) is 0 Å². The summed E-state index contributed by atoms with van der Waals surface area (Å²) in [6.45, 7) is 3.59. The minimum Gasteiger partial charge on any atom is -0.477 e. The average molecular weight is 553 g/mol. The van der Waals surface area contributed by atoms with Gasteiger partial charge in [-0.1, -0.05) is 40.2 Å². The number of nitrogens with one attached hydrogen (secondary N) is 2. The van der Waals surface area contributed by atoms with Crippen LogP contribution in [0, 0.1) is 0 Å². The van der Waals surface area contributed by atoms with Gasteiger partial charge in [-0.2, -0.15) is 0 Å². The smallest absolute Gasteiger partial charge is 0.352 e. The minimum atomic E-state index is -1.24. The lowest BCUT2D eigenvalue weighted by molar-refractivity contribution is -0.148. The lowest BCUT2D eigenvalue weighted by Gasteiger charge is -2.49. The number of carboxylic acids is 1. The Balaban J connectivity index is 1.43. The number of carbonyl (C=O) groups excluding carboxylic acids is 3. The molecule has 170 valence electrons. The van der Waals surface area contributed by atoms with Crippen molar-refractivity contribution < 1.29 is 28.7 Å². The molecule has 2 aliphatic heterocycles. The fourth-order valence-corrected chi connectivity index (χ4v) is 5.43. The molecular formula is C21H15BrClN3O6S. The Morgan fingerprint density at radius 2 is 1.94 bits per heavy atom. The molecule has 12 heteroatoms. The number of allylic oxidation sites excluding steroid dienone is 1. The minimum absolute atomic E-state index is 0.125. The van der Waals surface area contributed by atoms with Gasteiger partial charge in [-0.05, 0) is 35.9 Å². The fraction of sp³-hybridized carbons (Fsp3) is 0.143. The highest BCUT2D eigenvalue weighted by Crippen LogP contribution is 2.40. The maximum absolute atomic E-state index is 12.6. The van der Waals surface area contributed by atoms with Gasteiger partial charge in [0.15, 0.2) is 11.5 Å². The van der Waals surface area contributed by atoms with Gasteiger partial charge in [-0.3, -0.25) is 19.3 Å². The summed E-state index contributed by atoms with van der Waals surface area (Å²) in [5.74, 6) is -3.05. The number of fused-ring (bicyclic) bond motifs is 1. The Morgan fingerprint density at radius 1 is 1.24 bits per heavy atom. The number of aliphatic carboxylic acids is 1. The molecule has 3 amide bonds. The maximum atomic E-state index is 12.6. The van der Waals surface area contributed by atoms with Crippen molar-refractivity contribution in [2.75, 3.05) is 11.1 Å². The van der Waals surface area contributed by atoms with E-state index in [4.69, 9.17) is 16.0 Å². The number of amides is 3. The predicted octanol–water partition coefficient (Wildman–Crippen LogP) is 3.49. The number of anilines is 1. The van der Waals surface area contributed by atoms with Crippen molar-refractivity contribution in [3.63, 3.8) is 0 Å². The summed E-state index contributed by atoms with van der Waals surface area (Å²) in [7, 11) is 0. The molecular weight excluding hydrogens is 538 g/mol. The second-order valence-electron chi connectivity index (χ2n) is 6.99. The summed E-state index contributed by atoms with van der Waals surface area (Å²) in [5.41, 5.74) is 0.671. The van der Waals surface area contributed by atoms with Crippen LogP contribution in [0.15, 0.2) is 63.1 Å². The highest BCUT2D eigenvalue weighted by atomic mass is 79.9. The molecule has 2 atom stereocenters. The number of thioether (sulfide) groups is 1. The predicted molar refractivity (Wildman–Crippen MR) is 125 cm³/mol. The van der Waals surface area contributed by atoms with Crippen molar-refractivity contribution >= 4 is 68.7 Å². The van der Waals surface area contributed by atoms with Crippen molar-refractivity contribution in [2.24, 2.45) is 0 Å². The number of hydrogen-bond acceptors (Lipinski definition) is 6. The molecule has 0 aliphatic carbocycles. The van der Waals surface area contributed by atoms with E-state index >= 15 is 0 Å². The number of nitrogens with zero attached hydrogens (tertiary/aromatic N) is 1. The number of carboxylic acid groups (broad SMARTS) is 1. The Bertz CT molecular complexity index is 1240. The Hall–Kier alpha value is -3.02. The third-order valence-electron chi connectivity index (χ3n) is 4.97. The number of β-lactam (4-membered cyclic amide) rings is 1. The summed E-state index contributed by atoms with van der Waals surface area (Å²) < 4.78 is 6.10. The normalized spacial score (nSPS) is 19.5. The Labute approximate surface area is 205 Å². The maximum Gasteiger partial charge on any atom is 0.352 e. The molecule has 0 radical (unpaired) electrons. The molecule has 3 N–H and O–H groups in total. The number of furan rings is 1. The number of benzene rings is 1. The zero-order chi connectivity index (χ0) is 23.9. The monoisotopic (exact) mass is 551 g/mol. The van der Waals surface area contributed by atoms with E-state index in [-0.39, 0.29) is 17.2 Å². The summed E-state index contributed by atoms with van der Waals surface area (Å²) in [5, 5.41) is 14.3. The van der Waals surface area contributed by atoms with Gasteiger partial charge >= 0.3 is 5.97 Å². The quantitative estimate of drug-likeness (QED) is 0.468. The first-order valence-electron chi connectivity index (χ1n) is 9.42. The van der Waals surface area contributed by atoms with E-state index in [1.54, 1.807) is 18.2 Å². The van der Waals surface area contributed by atoms with E-state index in [1.807, 2.05) is 0 Å². The Kier molecular flexibility index (Phi) is 6.37. The number of carbonyl (C=O) groups is 4. The van der Waals surface area contributed by atoms with Gasteiger partial charge in [-0.25, -0.2) is 4.79 Å². The number of rotatable bonds is 6. The fourth-order valence-electron chi connectivity index (χ4n) is 3.37. The highest BCUT2D eigenvalue weighted by molar-refractivity contribution is 9.10. The summed E-state index contributed by atoms with van der Waals surface area (Å²) >= 11 is 10.7. The zero-order valence-corrected chi connectivity index (χ0v) is 19.8. The van der Waals surface area contributed by atoms with Crippen LogP contribution >= 0.6 is 39.3 Å². The van der Waals surface area contributed by atoms with Crippen molar-refractivity contribution in [1.82, 2.24) is 10.2 Å². The average Bonchev–Trinajstić information content (AvgIpc) is 3.28. The van der Waals surface area contributed by atoms with E-state index in [9.17, 15) is 24.3 Å². The lowest BCUT2D eigenvalue weighted by Crippen LogP contribution is -2.70. The van der Waals surface area contributed by atoms with Crippen LogP contribution in [0.25, 0.3) is 0 Å². The summed E-state index contributed by atoms with van der Waals surface area (Å²) in [4.78, 5) is 50.3. The van der Waals surface area contributed by atoms with E-state index < -0.39 is 35.1 Å². The van der Waals surface area contributed by atoms with Crippen molar-refractivity contribution in [1.29, 1.82) is 0 Å². The second kappa shape index (κ2) is 9.08. The highest BCUT2D eigenvalue weighted by Gasteiger charge is 2.54. The summed E-state index contributed by atoms with van der Waals surface area (Å²) in [6.07, 6.45) is 1.41. The van der Waals surface area contributed by atoms with E-state index in [1.165, 1.54) is 30.0 Å². The van der Waals surface area contributed by atoms with Gasteiger partial charge in [0.05, 0.1) is 10.7 Å². The third-order valence-corrected chi connectivity index (χ3v) is 7.07. The molecule has 0 spiro atoms. The van der Waals surface area contributed by atoms with Crippen LogP contribution in [0.2, 0.25) is 5.02 Å².